The molecule has 0 saturated carbocycles. The van der Waals surface area contributed by atoms with Gasteiger partial charge in [-0.1, -0.05) is 12.1 Å². The molecule has 0 spiro atoms. The fourth-order valence-corrected chi connectivity index (χ4v) is 2.67. The Morgan fingerprint density at radius 1 is 1.44 bits per heavy atom. The summed E-state index contributed by atoms with van der Waals surface area (Å²) >= 11 is 0. The number of benzene rings is 1. The van der Waals surface area contributed by atoms with Crippen LogP contribution in [-0.4, -0.2) is 25.8 Å². The van der Waals surface area contributed by atoms with Crippen molar-refractivity contribution >= 4 is 5.69 Å². The minimum absolute atomic E-state index is 0.370. The lowest BCUT2D eigenvalue weighted by Crippen LogP contribution is -2.40. The van der Waals surface area contributed by atoms with Gasteiger partial charge in [-0.3, -0.25) is 0 Å². The lowest BCUT2D eigenvalue weighted by Gasteiger charge is -2.35. The highest BCUT2D eigenvalue weighted by molar-refractivity contribution is 5.55. The topological polar surface area (TPSA) is 38.5 Å². The maximum absolute atomic E-state index is 5.84. The van der Waals surface area contributed by atoms with E-state index in [1.54, 1.807) is 0 Å². The van der Waals surface area contributed by atoms with Gasteiger partial charge in [-0.15, -0.1) is 0 Å². The second kappa shape index (κ2) is 6.21. The molecule has 1 aliphatic heterocycles. The SMILES string of the molecule is CCOC1CCCN(c2cc(C)ccc2CN)C1. The van der Waals surface area contributed by atoms with Crippen LogP contribution in [0.1, 0.15) is 30.9 Å². The van der Waals surface area contributed by atoms with E-state index >= 15 is 0 Å². The third-order valence-electron chi connectivity index (χ3n) is 3.58. The van der Waals surface area contributed by atoms with Crippen molar-refractivity contribution in [1.82, 2.24) is 0 Å². The van der Waals surface area contributed by atoms with Crippen LogP contribution in [0.2, 0.25) is 0 Å². The van der Waals surface area contributed by atoms with Crippen LogP contribution in [0.5, 0.6) is 0 Å². The number of piperidine rings is 1. The average molecular weight is 248 g/mol. The zero-order valence-electron chi connectivity index (χ0n) is 11.5. The fraction of sp³-hybridized carbons (Fsp3) is 0.600. The van der Waals surface area contributed by atoms with Gasteiger partial charge in [0.15, 0.2) is 0 Å². The van der Waals surface area contributed by atoms with Crippen molar-refractivity contribution < 1.29 is 4.74 Å². The van der Waals surface area contributed by atoms with Gasteiger partial charge in [0.25, 0.3) is 0 Å². The molecule has 0 radical (unpaired) electrons. The first kappa shape index (κ1) is 13.4. The van der Waals surface area contributed by atoms with E-state index in [9.17, 15) is 0 Å². The molecule has 0 aliphatic carbocycles. The van der Waals surface area contributed by atoms with Gasteiger partial charge in [-0.05, 0) is 43.9 Å². The lowest BCUT2D eigenvalue weighted by atomic mass is 10.0. The molecule has 1 aromatic rings. The summed E-state index contributed by atoms with van der Waals surface area (Å²) in [5, 5.41) is 0. The van der Waals surface area contributed by atoms with Crippen LogP contribution in [0.25, 0.3) is 0 Å². The van der Waals surface area contributed by atoms with Crippen molar-refractivity contribution in [2.45, 2.75) is 39.3 Å². The third kappa shape index (κ3) is 3.03. The van der Waals surface area contributed by atoms with Gasteiger partial charge in [0.1, 0.15) is 0 Å². The number of hydrogen-bond donors (Lipinski definition) is 1. The molecule has 100 valence electrons. The van der Waals surface area contributed by atoms with Crippen LogP contribution in [0, 0.1) is 6.92 Å². The predicted octanol–water partition coefficient (Wildman–Crippen LogP) is 2.46. The van der Waals surface area contributed by atoms with E-state index in [1.807, 2.05) is 0 Å². The van der Waals surface area contributed by atoms with Gasteiger partial charge in [-0.25, -0.2) is 0 Å². The van der Waals surface area contributed by atoms with Crippen LogP contribution in [0.3, 0.4) is 0 Å². The average Bonchev–Trinajstić information content (AvgIpc) is 2.39. The van der Waals surface area contributed by atoms with Gasteiger partial charge in [0.2, 0.25) is 0 Å². The minimum Gasteiger partial charge on any atom is -0.377 e. The highest BCUT2D eigenvalue weighted by atomic mass is 16.5. The van der Waals surface area contributed by atoms with Gasteiger partial charge in [-0.2, -0.15) is 0 Å². The smallest absolute Gasteiger partial charge is 0.0750 e. The standard InChI is InChI=1S/C15H24N2O/c1-3-18-14-5-4-8-17(11-14)15-9-12(2)6-7-13(15)10-16/h6-7,9,14H,3-5,8,10-11,16H2,1-2H3. The Balaban J connectivity index is 2.17. The number of hydrogen-bond acceptors (Lipinski definition) is 3. The Morgan fingerprint density at radius 2 is 2.28 bits per heavy atom. The molecular formula is C15H24N2O. The largest absolute Gasteiger partial charge is 0.377 e. The first-order valence-electron chi connectivity index (χ1n) is 6.90. The Morgan fingerprint density at radius 3 is 3.00 bits per heavy atom. The Labute approximate surface area is 110 Å². The van der Waals surface area contributed by atoms with Crippen LogP contribution in [0.15, 0.2) is 18.2 Å². The van der Waals surface area contributed by atoms with E-state index in [2.05, 4.69) is 36.9 Å². The van der Waals surface area contributed by atoms with Crippen molar-refractivity contribution in [3.63, 3.8) is 0 Å². The third-order valence-corrected chi connectivity index (χ3v) is 3.58. The molecule has 2 N–H and O–H groups in total. The molecule has 1 fully saturated rings. The molecule has 1 aromatic carbocycles. The number of rotatable bonds is 4. The number of nitrogens with two attached hydrogens (primary N) is 1. The summed E-state index contributed by atoms with van der Waals surface area (Å²) in [4.78, 5) is 2.43. The van der Waals surface area contributed by atoms with E-state index < -0.39 is 0 Å². The normalized spacial score (nSPS) is 20.2. The summed E-state index contributed by atoms with van der Waals surface area (Å²) in [7, 11) is 0. The molecule has 0 aromatic heterocycles. The van der Waals surface area contributed by atoms with Crippen LogP contribution >= 0.6 is 0 Å². The summed E-state index contributed by atoms with van der Waals surface area (Å²) in [6, 6.07) is 6.53. The first-order valence-corrected chi connectivity index (χ1v) is 6.90. The second-order valence-corrected chi connectivity index (χ2v) is 5.00. The molecule has 2 rings (SSSR count). The van der Waals surface area contributed by atoms with Crippen molar-refractivity contribution in [3.8, 4) is 0 Å². The van der Waals surface area contributed by atoms with Crippen LogP contribution in [-0.2, 0) is 11.3 Å². The lowest BCUT2D eigenvalue weighted by molar-refractivity contribution is 0.0526. The molecule has 1 unspecified atom stereocenters. The predicted molar refractivity (Wildman–Crippen MR) is 75.9 cm³/mol. The quantitative estimate of drug-likeness (QED) is 0.889. The van der Waals surface area contributed by atoms with Crippen molar-refractivity contribution in [3.05, 3.63) is 29.3 Å². The monoisotopic (exact) mass is 248 g/mol. The molecule has 3 heteroatoms. The Bertz CT molecular complexity index is 390. The van der Waals surface area contributed by atoms with Crippen LogP contribution in [0.4, 0.5) is 5.69 Å². The zero-order chi connectivity index (χ0) is 13.0. The molecule has 18 heavy (non-hydrogen) atoms. The molecule has 0 bridgehead atoms. The van der Waals surface area contributed by atoms with E-state index in [0.717, 1.165) is 19.7 Å². The number of anilines is 1. The molecule has 1 aliphatic rings. The van der Waals surface area contributed by atoms with Gasteiger partial charge in [0.05, 0.1) is 6.10 Å². The molecule has 1 saturated heterocycles. The van der Waals surface area contributed by atoms with E-state index in [0.29, 0.717) is 12.6 Å². The summed E-state index contributed by atoms with van der Waals surface area (Å²) in [5.41, 5.74) is 9.66. The molecule has 3 nitrogen and oxygen atoms in total. The Kier molecular flexibility index (Phi) is 4.61. The summed E-state index contributed by atoms with van der Waals surface area (Å²) in [6.07, 6.45) is 2.74. The maximum atomic E-state index is 5.84. The highest BCUT2D eigenvalue weighted by Gasteiger charge is 2.21. The minimum atomic E-state index is 0.370. The fourth-order valence-electron chi connectivity index (χ4n) is 2.67. The van der Waals surface area contributed by atoms with Crippen molar-refractivity contribution in [2.75, 3.05) is 24.6 Å². The van der Waals surface area contributed by atoms with Gasteiger partial charge < -0.3 is 15.4 Å². The molecular weight excluding hydrogens is 224 g/mol. The molecule has 1 heterocycles. The number of ether oxygens (including phenoxy) is 1. The van der Waals surface area contributed by atoms with E-state index in [1.165, 1.54) is 29.7 Å². The number of aryl methyl sites for hydroxylation is 1. The van der Waals surface area contributed by atoms with Gasteiger partial charge in [0, 0.05) is 31.9 Å². The molecule has 0 amide bonds. The Hall–Kier alpha value is -1.06. The van der Waals surface area contributed by atoms with Crippen LogP contribution < -0.4 is 10.6 Å². The zero-order valence-corrected chi connectivity index (χ0v) is 11.5. The van der Waals surface area contributed by atoms with E-state index in [-0.39, 0.29) is 0 Å². The van der Waals surface area contributed by atoms with Crippen molar-refractivity contribution in [2.24, 2.45) is 5.73 Å². The van der Waals surface area contributed by atoms with Crippen molar-refractivity contribution in [1.29, 1.82) is 0 Å². The summed E-state index contributed by atoms with van der Waals surface area (Å²) in [5.74, 6) is 0. The first-order chi connectivity index (χ1) is 8.74. The van der Waals surface area contributed by atoms with E-state index in [4.69, 9.17) is 10.5 Å². The van der Waals surface area contributed by atoms with Gasteiger partial charge >= 0.3 is 0 Å². The number of nitrogens with zero attached hydrogens (tertiary/aromatic N) is 1. The highest BCUT2D eigenvalue weighted by Crippen LogP contribution is 2.26. The maximum Gasteiger partial charge on any atom is 0.0750 e. The summed E-state index contributed by atoms with van der Waals surface area (Å²) in [6.45, 7) is 7.70. The summed E-state index contributed by atoms with van der Waals surface area (Å²) < 4.78 is 5.77. The molecule has 1 atom stereocenters. The second-order valence-electron chi connectivity index (χ2n) is 5.00.